The minimum Gasteiger partial charge on any atom is -0.338 e. The van der Waals surface area contributed by atoms with Gasteiger partial charge in [-0.2, -0.15) is 0 Å². The van der Waals surface area contributed by atoms with Crippen molar-refractivity contribution < 1.29 is 18.0 Å². The van der Waals surface area contributed by atoms with Gasteiger partial charge in [0, 0.05) is 23.6 Å². The third-order valence-electron chi connectivity index (χ3n) is 6.72. The molecule has 182 valence electrons. The number of carbonyl (C=O) groups excluding carboxylic acids is 2. The van der Waals surface area contributed by atoms with Crippen molar-refractivity contribution in [3.05, 3.63) is 63.6 Å². The SMILES string of the molecule is CC(C(=O)N1CCc2ccc(S(=O)(=O)NC(=O)NC3CCCCC3)cc2C1)c1ccc(Br)cc1. The third-order valence-corrected chi connectivity index (χ3v) is 8.58. The average Bonchev–Trinajstić information content (AvgIpc) is 2.83. The average molecular weight is 549 g/mol. The van der Waals surface area contributed by atoms with Crippen molar-refractivity contribution in [1.29, 1.82) is 0 Å². The lowest BCUT2D eigenvalue weighted by Gasteiger charge is -2.31. The van der Waals surface area contributed by atoms with Crippen LogP contribution in [0.15, 0.2) is 51.8 Å². The number of carbonyl (C=O) groups is 2. The van der Waals surface area contributed by atoms with Crippen LogP contribution in [0.3, 0.4) is 0 Å². The number of hydrogen-bond acceptors (Lipinski definition) is 4. The number of fused-ring (bicyclic) bond motifs is 1. The predicted octanol–water partition coefficient (Wildman–Crippen LogP) is 4.46. The molecule has 2 aromatic carbocycles. The molecule has 4 rings (SSSR count). The molecule has 2 aliphatic rings. The summed E-state index contributed by atoms with van der Waals surface area (Å²) >= 11 is 3.41. The van der Waals surface area contributed by atoms with E-state index in [4.69, 9.17) is 0 Å². The summed E-state index contributed by atoms with van der Waals surface area (Å²) in [4.78, 5) is 27.2. The molecule has 9 heteroatoms. The summed E-state index contributed by atoms with van der Waals surface area (Å²) in [5.41, 5.74) is 2.74. The molecule has 7 nitrogen and oxygen atoms in total. The monoisotopic (exact) mass is 547 g/mol. The predicted molar refractivity (Wildman–Crippen MR) is 134 cm³/mol. The van der Waals surface area contributed by atoms with Crippen molar-refractivity contribution in [2.24, 2.45) is 0 Å². The molecule has 1 unspecified atom stereocenters. The lowest BCUT2D eigenvalue weighted by Crippen LogP contribution is -2.45. The highest BCUT2D eigenvalue weighted by atomic mass is 79.9. The maximum Gasteiger partial charge on any atom is 0.328 e. The summed E-state index contributed by atoms with van der Waals surface area (Å²) in [6, 6.07) is 11.9. The first-order valence-electron chi connectivity index (χ1n) is 11.7. The maximum absolute atomic E-state index is 13.1. The van der Waals surface area contributed by atoms with E-state index in [0.29, 0.717) is 19.5 Å². The van der Waals surface area contributed by atoms with Crippen molar-refractivity contribution in [2.45, 2.75) is 68.8 Å². The van der Waals surface area contributed by atoms with Crippen LogP contribution >= 0.6 is 15.9 Å². The fraction of sp³-hybridized carbons (Fsp3) is 0.440. The highest BCUT2D eigenvalue weighted by Gasteiger charge is 2.27. The van der Waals surface area contributed by atoms with Gasteiger partial charge in [0.2, 0.25) is 5.91 Å². The summed E-state index contributed by atoms with van der Waals surface area (Å²) in [6.07, 6.45) is 5.62. The van der Waals surface area contributed by atoms with Gasteiger partial charge in [0.25, 0.3) is 10.0 Å². The molecular weight excluding hydrogens is 518 g/mol. The van der Waals surface area contributed by atoms with Gasteiger partial charge in [-0.3, -0.25) is 4.79 Å². The van der Waals surface area contributed by atoms with Gasteiger partial charge in [-0.05, 0) is 67.1 Å². The van der Waals surface area contributed by atoms with Crippen molar-refractivity contribution in [3.8, 4) is 0 Å². The Hall–Kier alpha value is -2.39. The number of halogens is 1. The first-order chi connectivity index (χ1) is 16.2. The lowest BCUT2D eigenvalue weighted by molar-refractivity contribution is -0.133. The van der Waals surface area contributed by atoms with E-state index in [2.05, 4.69) is 26.0 Å². The molecule has 1 fully saturated rings. The Morgan fingerprint density at radius 3 is 2.44 bits per heavy atom. The molecular formula is C25H30BrN3O4S. The fourth-order valence-corrected chi connectivity index (χ4v) is 5.93. The summed E-state index contributed by atoms with van der Waals surface area (Å²) in [5, 5.41) is 2.78. The largest absolute Gasteiger partial charge is 0.338 e. The molecule has 1 atom stereocenters. The highest BCUT2D eigenvalue weighted by Crippen LogP contribution is 2.27. The Labute approximate surface area is 209 Å². The molecule has 0 saturated heterocycles. The van der Waals surface area contributed by atoms with Gasteiger partial charge in [-0.1, -0.05) is 53.4 Å². The molecule has 3 amide bonds. The number of nitrogens with one attached hydrogen (secondary N) is 2. The molecule has 1 aliphatic carbocycles. The van der Waals surface area contributed by atoms with Crippen LogP contribution < -0.4 is 10.0 Å². The van der Waals surface area contributed by atoms with Gasteiger partial charge < -0.3 is 10.2 Å². The van der Waals surface area contributed by atoms with Crippen LogP contribution in [0.25, 0.3) is 0 Å². The van der Waals surface area contributed by atoms with E-state index in [9.17, 15) is 18.0 Å². The normalized spacial score (nSPS) is 17.5. The molecule has 2 aromatic rings. The molecule has 0 aromatic heterocycles. The van der Waals surface area contributed by atoms with E-state index >= 15 is 0 Å². The van der Waals surface area contributed by atoms with Crippen LogP contribution in [-0.2, 0) is 27.8 Å². The van der Waals surface area contributed by atoms with Crippen LogP contribution in [0.5, 0.6) is 0 Å². The second-order valence-corrected chi connectivity index (χ2v) is 11.7. The van der Waals surface area contributed by atoms with Gasteiger partial charge in [0.1, 0.15) is 0 Å². The van der Waals surface area contributed by atoms with Crippen molar-refractivity contribution >= 4 is 37.9 Å². The van der Waals surface area contributed by atoms with Crippen LogP contribution in [0.4, 0.5) is 4.79 Å². The Kier molecular flexibility index (Phi) is 7.62. The van der Waals surface area contributed by atoms with Gasteiger partial charge in [0.05, 0.1) is 10.8 Å². The standard InChI is InChI=1S/C25H30BrN3O4S/c1-17(18-7-10-21(26)11-8-18)24(30)29-14-13-19-9-12-23(15-20(19)16-29)34(32,33)28-25(31)27-22-5-3-2-4-6-22/h7-12,15,17,22H,2-6,13-14,16H2,1H3,(H2,27,28,31). The minimum absolute atomic E-state index is 0.00576. The van der Waals surface area contributed by atoms with E-state index in [1.54, 1.807) is 17.0 Å². The second kappa shape index (κ2) is 10.5. The van der Waals surface area contributed by atoms with Crippen molar-refractivity contribution in [2.75, 3.05) is 6.54 Å². The topological polar surface area (TPSA) is 95.6 Å². The summed E-state index contributed by atoms with van der Waals surface area (Å²) in [6.45, 7) is 2.81. The Balaban J connectivity index is 1.44. The zero-order valence-electron chi connectivity index (χ0n) is 19.2. The van der Waals surface area contributed by atoms with Gasteiger partial charge in [0.15, 0.2) is 0 Å². The lowest BCUT2D eigenvalue weighted by atomic mass is 9.96. The zero-order valence-corrected chi connectivity index (χ0v) is 21.6. The Bertz CT molecular complexity index is 1160. The summed E-state index contributed by atoms with van der Waals surface area (Å²) < 4.78 is 28.8. The maximum atomic E-state index is 13.1. The molecule has 2 N–H and O–H groups in total. The molecule has 1 saturated carbocycles. The van der Waals surface area contributed by atoms with E-state index < -0.39 is 16.1 Å². The van der Waals surface area contributed by atoms with E-state index in [1.165, 1.54) is 6.07 Å². The number of rotatable bonds is 5. The fourth-order valence-electron chi connectivity index (χ4n) is 4.70. The Morgan fingerprint density at radius 2 is 1.74 bits per heavy atom. The van der Waals surface area contributed by atoms with Crippen LogP contribution in [0.1, 0.15) is 61.6 Å². The quantitative estimate of drug-likeness (QED) is 0.577. The van der Waals surface area contributed by atoms with Crippen molar-refractivity contribution in [1.82, 2.24) is 14.9 Å². The molecule has 0 spiro atoms. The summed E-state index contributed by atoms with van der Waals surface area (Å²) in [5.74, 6) is -0.294. The number of sulfonamides is 1. The first kappa shape index (κ1) is 24.7. The second-order valence-electron chi connectivity index (χ2n) is 9.13. The van der Waals surface area contributed by atoms with Crippen molar-refractivity contribution in [3.63, 3.8) is 0 Å². The van der Waals surface area contributed by atoms with E-state index in [1.807, 2.05) is 31.2 Å². The summed E-state index contributed by atoms with van der Waals surface area (Å²) in [7, 11) is -4.01. The zero-order chi connectivity index (χ0) is 24.3. The molecule has 0 bridgehead atoms. The molecule has 1 aliphatic heterocycles. The van der Waals surface area contributed by atoms with Gasteiger partial charge in [-0.25, -0.2) is 17.9 Å². The van der Waals surface area contributed by atoms with Gasteiger partial charge >= 0.3 is 6.03 Å². The number of benzene rings is 2. The molecule has 34 heavy (non-hydrogen) atoms. The number of hydrogen-bond donors (Lipinski definition) is 2. The minimum atomic E-state index is -4.01. The number of nitrogens with zero attached hydrogens (tertiary/aromatic N) is 1. The number of amides is 3. The Morgan fingerprint density at radius 1 is 1.03 bits per heavy atom. The van der Waals surface area contributed by atoms with Gasteiger partial charge in [-0.15, -0.1) is 0 Å². The van der Waals surface area contributed by atoms with Crippen LogP contribution in [-0.4, -0.2) is 37.8 Å². The van der Waals surface area contributed by atoms with E-state index in [-0.39, 0.29) is 22.8 Å². The highest BCUT2D eigenvalue weighted by molar-refractivity contribution is 9.10. The first-order valence-corrected chi connectivity index (χ1v) is 14.0. The molecule has 1 heterocycles. The number of urea groups is 1. The third kappa shape index (κ3) is 5.81. The smallest absolute Gasteiger partial charge is 0.328 e. The van der Waals surface area contributed by atoms with Crippen LogP contribution in [0.2, 0.25) is 0 Å². The van der Waals surface area contributed by atoms with E-state index in [0.717, 1.165) is 53.3 Å². The molecule has 0 radical (unpaired) electrons. The van der Waals surface area contributed by atoms with Crippen LogP contribution in [0, 0.1) is 0 Å².